The van der Waals surface area contributed by atoms with E-state index in [4.69, 9.17) is 4.74 Å². The van der Waals surface area contributed by atoms with Crippen LogP contribution in [0.4, 0.5) is 0 Å². The molecule has 0 unspecified atom stereocenters. The van der Waals surface area contributed by atoms with Crippen LogP contribution in [0.5, 0.6) is 0 Å². The maximum atomic E-state index is 5.33. The van der Waals surface area contributed by atoms with E-state index in [2.05, 4.69) is 27.4 Å². The van der Waals surface area contributed by atoms with Crippen molar-refractivity contribution < 1.29 is 4.74 Å². The van der Waals surface area contributed by atoms with Gasteiger partial charge in [0.2, 0.25) is 0 Å². The van der Waals surface area contributed by atoms with Gasteiger partial charge in [-0.3, -0.25) is 4.99 Å². The fourth-order valence-corrected chi connectivity index (χ4v) is 2.57. The molecule has 0 atom stereocenters. The number of likely N-dealkylation sites (tertiary alicyclic amines) is 1. The average Bonchev–Trinajstić information content (AvgIpc) is 2.76. The van der Waals surface area contributed by atoms with Gasteiger partial charge >= 0.3 is 0 Å². The quantitative estimate of drug-likeness (QED) is 0.258. The van der Waals surface area contributed by atoms with Gasteiger partial charge in [0.15, 0.2) is 5.96 Å². The lowest BCUT2D eigenvalue weighted by Crippen LogP contribution is -2.39. The molecule has 0 amide bonds. The lowest BCUT2D eigenvalue weighted by Gasteiger charge is -2.19. The molecule has 1 saturated heterocycles. The third kappa shape index (κ3) is 11.5. The van der Waals surface area contributed by atoms with E-state index < -0.39 is 0 Å². The van der Waals surface area contributed by atoms with Crippen molar-refractivity contribution >= 4 is 29.9 Å². The van der Waals surface area contributed by atoms with E-state index in [-0.39, 0.29) is 24.0 Å². The van der Waals surface area contributed by atoms with Gasteiger partial charge in [-0.05, 0) is 52.7 Å². The van der Waals surface area contributed by atoms with Gasteiger partial charge in [-0.25, -0.2) is 0 Å². The molecule has 0 aromatic carbocycles. The van der Waals surface area contributed by atoms with Crippen LogP contribution in [0, 0.1) is 0 Å². The van der Waals surface area contributed by atoms with Crippen molar-refractivity contribution in [2.45, 2.75) is 46.0 Å². The van der Waals surface area contributed by atoms with Crippen molar-refractivity contribution in [2.75, 3.05) is 52.5 Å². The number of ether oxygens (including phenoxy) is 1. The van der Waals surface area contributed by atoms with E-state index in [0.717, 1.165) is 45.2 Å². The Morgan fingerprint density at radius 3 is 2.45 bits per heavy atom. The molecular formula is C16H35IN4O. The second-order valence-electron chi connectivity index (χ2n) is 5.49. The monoisotopic (exact) mass is 426 g/mol. The highest BCUT2D eigenvalue weighted by atomic mass is 127. The Hall–Kier alpha value is -0.0800. The second kappa shape index (κ2) is 15.8. The summed E-state index contributed by atoms with van der Waals surface area (Å²) in [5.74, 6) is 0.910. The number of nitrogens with one attached hydrogen (secondary N) is 2. The number of aliphatic imine (C=N–C) groups is 1. The van der Waals surface area contributed by atoms with Crippen LogP contribution in [-0.4, -0.2) is 63.3 Å². The number of nitrogens with zero attached hydrogens (tertiary/aromatic N) is 2. The van der Waals surface area contributed by atoms with Gasteiger partial charge in [-0.2, -0.15) is 0 Å². The molecule has 1 heterocycles. The van der Waals surface area contributed by atoms with Crippen molar-refractivity contribution in [2.24, 2.45) is 4.99 Å². The molecule has 1 fully saturated rings. The molecule has 0 bridgehead atoms. The fourth-order valence-electron chi connectivity index (χ4n) is 2.57. The molecule has 0 aliphatic carbocycles. The summed E-state index contributed by atoms with van der Waals surface area (Å²) < 4.78 is 5.33. The summed E-state index contributed by atoms with van der Waals surface area (Å²) in [5.41, 5.74) is 0. The maximum absolute atomic E-state index is 5.33. The second-order valence-corrected chi connectivity index (χ2v) is 5.49. The smallest absolute Gasteiger partial charge is 0.191 e. The number of rotatable bonds is 9. The summed E-state index contributed by atoms with van der Waals surface area (Å²) in [5, 5.41) is 6.58. The SMILES string of the molecule is CCNC(=NCCCN1CCCCCC1)NCCOCC.I. The number of halogens is 1. The highest BCUT2D eigenvalue weighted by Crippen LogP contribution is 2.09. The molecule has 1 aliphatic heterocycles. The third-order valence-electron chi connectivity index (χ3n) is 3.69. The molecule has 0 saturated carbocycles. The van der Waals surface area contributed by atoms with Gasteiger partial charge in [0.05, 0.1) is 6.61 Å². The van der Waals surface area contributed by atoms with Gasteiger partial charge in [0, 0.05) is 26.2 Å². The Bertz CT molecular complexity index is 269. The molecule has 5 nitrogen and oxygen atoms in total. The van der Waals surface area contributed by atoms with Gasteiger partial charge in [0.1, 0.15) is 0 Å². The minimum Gasteiger partial charge on any atom is -0.380 e. The Kier molecular flexibility index (Phi) is 15.7. The molecule has 0 aromatic heterocycles. The third-order valence-corrected chi connectivity index (χ3v) is 3.69. The molecule has 0 radical (unpaired) electrons. The molecule has 2 N–H and O–H groups in total. The molecule has 1 aliphatic rings. The van der Waals surface area contributed by atoms with Crippen LogP contribution in [-0.2, 0) is 4.74 Å². The fraction of sp³-hybridized carbons (Fsp3) is 0.938. The minimum absolute atomic E-state index is 0. The van der Waals surface area contributed by atoms with E-state index in [1.54, 1.807) is 0 Å². The minimum atomic E-state index is 0. The van der Waals surface area contributed by atoms with Crippen LogP contribution in [0.2, 0.25) is 0 Å². The van der Waals surface area contributed by atoms with Crippen LogP contribution in [0.3, 0.4) is 0 Å². The zero-order chi connectivity index (χ0) is 15.2. The van der Waals surface area contributed by atoms with Gasteiger partial charge in [-0.15, -0.1) is 24.0 Å². The number of hydrogen-bond donors (Lipinski definition) is 2. The summed E-state index contributed by atoms with van der Waals surface area (Å²) >= 11 is 0. The van der Waals surface area contributed by atoms with E-state index in [1.807, 2.05) is 6.92 Å². The zero-order valence-corrected chi connectivity index (χ0v) is 16.7. The van der Waals surface area contributed by atoms with E-state index >= 15 is 0 Å². The van der Waals surface area contributed by atoms with Crippen LogP contribution in [0.25, 0.3) is 0 Å². The number of guanidine groups is 1. The van der Waals surface area contributed by atoms with Crippen molar-refractivity contribution in [3.8, 4) is 0 Å². The standard InChI is InChI=1S/C16H34N4O.HI/c1-3-17-16(19-11-15-21-4-2)18-10-9-14-20-12-7-5-6-8-13-20;/h3-15H2,1-2H3,(H2,17,18,19);1H. The Labute approximate surface area is 153 Å². The maximum Gasteiger partial charge on any atom is 0.191 e. The summed E-state index contributed by atoms with van der Waals surface area (Å²) in [4.78, 5) is 7.23. The first kappa shape index (κ1) is 21.9. The van der Waals surface area contributed by atoms with Crippen LogP contribution in [0.15, 0.2) is 4.99 Å². The van der Waals surface area contributed by atoms with Crippen molar-refractivity contribution in [1.82, 2.24) is 15.5 Å². The molecule has 1 rings (SSSR count). The Balaban J connectivity index is 0.00000441. The lowest BCUT2D eigenvalue weighted by atomic mass is 10.2. The van der Waals surface area contributed by atoms with Gasteiger partial charge in [-0.1, -0.05) is 12.8 Å². The summed E-state index contributed by atoms with van der Waals surface area (Å²) in [6.07, 6.45) is 6.68. The lowest BCUT2D eigenvalue weighted by molar-refractivity contribution is 0.152. The van der Waals surface area contributed by atoms with E-state index in [9.17, 15) is 0 Å². The van der Waals surface area contributed by atoms with E-state index in [0.29, 0.717) is 0 Å². The molecule has 0 aromatic rings. The first-order valence-corrected chi connectivity index (χ1v) is 8.69. The summed E-state index contributed by atoms with van der Waals surface area (Å²) in [6, 6.07) is 0. The van der Waals surface area contributed by atoms with E-state index in [1.165, 1.54) is 45.3 Å². The molecule has 22 heavy (non-hydrogen) atoms. The predicted octanol–water partition coefficient (Wildman–Crippen LogP) is 2.46. The molecular weight excluding hydrogens is 391 g/mol. The first-order valence-electron chi connectivity index (χ1n) is 8.69. The molecule has 132 valence electrons. The predicted molar refractivity (Wildman–Crippen MR) is 105 cm³/mol. The topological polar surface area (TPSA) is 48.9 Å². The molecule has 0 spiro atoms. The largest absolute Gasteiger partial charge is 0.380 e. The Morgan fingerprint density at radius 1 is 1.09 bits per heavy atom. The average molecular weight is 426 g/mol. The van der Waals surface area contributed by atoms with Gasteiger partial charge in [0.25, 0.3) is 0 Å². The zero-order valence-electron chi connectivity index (χ0n) is 14.4. The van der Waals surface area contributed by atoms with Crippen molar-refractivity contribution in [3.05, 3.63) is 0 Å². The first-order chi connectivity index (χ1) is 10.4. The number of hydrogen-bond acceptors (Lipinski definition) is 3. The summed E-state index contributed by atoms with van der Waals surface area (Å²) in [6.45, 7) is 11.9. The highest BCUT2D eigenvalue weighted by Gasteiger charge is 2.07. The Morgan fingerprint density at radius 2 is 1.82 bits per heavy atom. The normalized spacial score (nSPS) is 16.7. The molecule has 6 heteroatoms. The summed E-state index contributed by atoms with van der Waals surface area (Å²) in [7, 11) is 0. The van der Waals surface area contributed by atoms with Crippen LogP contribution >= 0.6 is 24.0 Å². The van der Waals surface area contributed by atoms with Crippen LogP contribution < -0.4 is 10.6 Å². The van der Waals surface area contributed by atoms with Crippen molar-refractivity contribution in [3.63, 3.8) is 0 Å². The van der Waals surface area contributed by atoms with Crippen LogP contribution in [0.1, 0.15) is 46.0 Å². The highest BCUT2D eigenvalue weighted by molar-refractivity contribution is 14.0. The van der Waals surface area contributed by atoms with Gasteiger partial charge < -0.3 is 20.3 Å². The van der Waals surface area contributed by atoms with Crippen molar-refractivity contribution in [1.29, 1.82) is 0 Å².